The summed E-state index contributed by atoms with van der Waals surface area (Å²) in [5, 5.41) is 0. The fourth-order valence-electron chi connectivity index (χ4n) is 1.79. The van der Waals surface area contributed by atoms with E-state index in [0.717, 1.165) is 17.9 Å². The Kier molecular flexibility index (Phi) is 7.48. The lowest BCUT2D eigenvalue weighted by Gasteiger charge is -2.19. The van der Waals surface area contributed by atoms with Crippen molar-refractivity contribution in [3.8, 4) is 5.75 Å². The predicted octanol–water partition coefficient (Wildman–Crippen LogP) is 2.38. The lowest BCUT2D eigenvalue weighted by Crippen LogP contribution is -2.19. The van der Waals surface area contributed by atoms with E-state index in [1.54, 1.807) is 7.11 Å². The third-order valence-electron chi connectivity index (χ3n) is 2.70. The van der Waals surface area contributed by atoms with Crippen LogP contribution in [0.2, 0.25) is 0 Å². The minimum Gasteiger partial charge on any atom is -0.496 e. The molecule has 0 aliphatic heterocycles. The van der Waals surface area contributed by atoms with Gasteiger partial charge in [0.15, 0.2) is 0 Å². The van der Waals surface area contributed by atoms with Gasteiger partial charge in [0.1, 0.15) is 5.75 Å². The number of hydrogen-bond acceptors (Lipinski definition) is 4. The number of rotatable bonds is 9. The predicted molar refractivity (Wildman–Crippen MR) is 76.4 cm³/mol. The van der Waals surface area contributed by atoms with Crippen LogP contribution in [0, 0.1) is 5.92 Å². The summed E-state index contributed by atoms with van der Waals surface area (Å²) < 4.78 is 16.6. The van der Waals surface area contributed by atoms with Crippen molar-refractivity contribution in [1.29, 1.82) is 0 Å². The average Bonchev–Trinajstić information content (AvgIpc) is 2.42. The summed E-state index contributed by atoms with van der Waals surface area (Å²) in [4.78, 5) is 0. The molecule has 0 saturated heterocycles. The summed E-state index contributed by atoms with van der Waals surface area (Å²) >= 11 is 0. The number of methoxy groups -OCH3 is 1. The molecular weight excluding hydrogens is 242 g/mol. The van der Waals surface area contributed by atoms with Crippen molar-refractivity contribution in [1.82, 2.24) is 0 Å². The zero-order chi connectivity index (χ0) is 14.1. The SMILES string of the molecule is COc1ccccc1C(CN)OCCOCC(C)C. The molecule has 0 aromatic heterocycles. The third kappa shape index (κ3) is 5.59. The van der Waals surface area contributed by atoms with E-state index < -0.39 is 0 Å². The second kappa shape index (κ2) is 8.91. The standard InChI is InChI=1S/C15H25NO3/c1-12(2)11-18-8-9-19-15(10-16)13-6-4-5-7-14(13)17-3/h4-7,12,15H,8-11,16H2,1-3H3. The average molecular weight is 267 g/mol. The summed E-state index contributed by atoms with van der Waals surface area (Å²) in [6, 6.07) is 7.78. The van der Waals surface area contributed by atoms with Crippen LogP contribution in [0.4, 0.5) is 0 Å². The zero-order valence-corrected chi connectivity index (χ0v) is 12.1. The molecule has 0 aliphatic carbocycles. The van der Waals surface area contributed by atoms with Gasteiger partial charge in [0.25, 0.3) is 0 Å². The molecule has 108 valence electrons. The molecule has 2 N–H and O–H groups in total. The molecule has 1 atom stereocenters. The molecule has 0 amide bonds. The Hall–Kier alpha value is -1.10. The third-order valence-corrected chi connectivity index (χ3v) is 2.70. The number of nitrogens with two attached hydrogens (primary N) is 1. The maximum Gasteiger partial charge on any atom is 0.124 e. The Morgan fingerprint density at radius 1 is 1.16 bits per heavy atom. The lowest BCUT2D eigenvalue weighted by atomic mass is 10.1. The molecule has 0 spiro atoms. The Morgan fingerprint density at radius 2 is 1.89 bits per heavy atom. The highest BCUT2D eigenvalue weighted by Crippen LogP contribution is 2.26. The monoisotopic (exact) mass is 267 g/mol. The highest BCUT2D eigenvalue weighted by Gasteiger charge is 2.14. The number of hydrogen-bond donors (Lipinski definition) is 1. The Morgan fingerprint density at radius 3 is 2.53 bits per heavy atom. The van der Waals surface area contributed by atoms with Crippen molar-refractivity contribution in [3.63, 3.8) is 0 Å². The van der Waals surface area contributed by atoms with E-state index in [4.69, 9.17) is 19.9 Å². The first-order valence-electron chi connectivity index (χ1n) is 6.71. The molecule has 4 nitrogen and oxygen atoms in total. The fraction of sp³-hybridized carbons (Fsp3) is 0.600. The van der Waals surface area contributed by atoms with Crippen molar-refractivity contribution in [2.24, 2.45) is 11.7 Å². The summed E-state index contributed by atoms with van der Waals surface area (Å²) in [6.07, 6.45) is -0.154. The van der Waals surface area contributed by atoms with E-state index in [2.05, 4.69) is 13.8 Å². The first-order valence-corrected chi connectivity index (χ1v) is 6.71. The Balaban J connectivity index is 2.44. The molecule has 0 fully saturated rings. The maximum atomic E-state index is 5.77. The van der Waals surface area contributed by atoms with Crippen LogP contribution in [0.15, 0.2) is 24.3 Å². The van der Waals surface area contributed by atoms with Gasteiger partial charge in [0, 0.05) is 18.7 Å². The quantitative estimate of drug-likeness (QED) is 0.698. The molecule has 19 heavy (non-hydrogen) atoms. The van der Waals surface area contributed by atoms with E-state index in [0.29, 0.717) is 25.7 Å². The van der Waals surface area contributed by atoms with Gasteiger partial charge in [-0.2, -0.15) is 0 Å². The highest BCUT2D eigenvalue weighted by atomic mass is 16.5. The molecule has 0 aliphatic rings. The van der Waals surface area contributed by atoms with Gasteiger partial charge in [-0.3, -0.25) is 0 Å². The van der Waals surface area contributed by atoms with Gasteiger partial charge >= 0.3 is 0 Å². The van der Waals surface area contributed by atoms with Crippen molar-refractivity contribution < 1.29 is 14.2 Å². The smallest absolute Gasteiger partial charge is 0.124 e. The summed E-state index contributed by atoms with van der Waals surface area (Å²) in [5.41, 5.74) is 6.75. The molecule has 1 aromatic carbocycles. The van der Waals surface area contributed by atoms with Crippen LogP contribution in [-0.4, -0.2) is 33.5 Å². The normalized spacial score (nSPS) is 12.7. The van der Waals surface area contributed by atoms with E-state index in [9.17, 15) is 0 Å². The molecule has 0 heterocycles. The molecule has 1 unspecified atom stereocenters. The minimum absolute atomic E-state index is 0.154. The number of ether oxygens (including phenoxy) is 3. The summed E-state index contributed by atoms with van der Waals surface area (Å²) in [5.74, 6) is 1.35. The van der Waals surface area contributed by atoms with Gasteiger partial charge in [-0.1, -0.05) is 32.0 Å². The maximum absolute atomic E-state index is 5.77. The van der Waals surface area contributed by atoms with Gasteiger partial charge in [-0.15, -0.1) is 0 Å². The molecule has 1 rings (SSSR count). The Labute approximate surface area is 115 Å². The number of benzene rings is 1. The molecule has 4 heteroatoms. The molecule has 0 saturated carbocycles. The van der Waals surface area contributed by atoms with Gasteiger partial charge in [0.2, 0.25) is 0 Å². The largest absolute Gasteiger partial charge is 0.496 e. The van der Waals surface area contributed by atoms with E-state index in [1.807, 2.05) is 24.3 Å². The van der Waals surface area contributed by atoms with Gasteiger partial charge < -0.3 is 19.9 Å². The summed E-state index contributed by atoms with van der Waals surface area (Å²) in [6.45, 7) is 6.54. The van der Waals surface area contributed by atoms with Gasteiger partial charge in [0.05, 0.1) is 26.4 Å². The molecule has 1 aromatic rings. The summed E-state index contributed by atoms with van der Waals surface area (Å²) in [7, 11) is 1.65. The van der Waals surface area contributed by atoms with Crippen LogP contribution < -0.4 is 10.5 Å². The van der Waals surface area contributed by atoms with Crippen LogP contribution in [0.5, 0.6) is 5.75 Å². The van der Waals surface area contributed by atoms with Crippen LogP contribution in [0.25, 0.3) is 0 Å². The van der Waals surface area contributed by atoms with E-state index in [1.165, 1.54) is 0 Å². The van der Waals surface area contributed by atoms with E-state index in [-0.39, 0.29) is 6.10 Å². The molecule has 0 radical (unpaired) electrons. The Bertz CT molecular complexity index is 355. The molecule has 0 bridgehead atoms. The second-order valence-electron chi connectivity index (χ2n) is 4.81. The topological polar surface area (TPSA) is 53.7 Å². The van der Waals surface area contributed by atoms with Crippen LogP contribution in [0.3, 0.4) is 0 Å². The van der Waals surface area contributed by atoms with Gasteiger partial charge in [-0.25, -0.2) is 0 Å². The molecular formula is C15H25NO3. The van der Waals surface area contributed by atoms with Crippen molar-refractivity contribution >= 4 is 0 Å². The van der Waals surface area contributed by atoms with E-state index >= 15 is 0 Å². The fourth-order valence-corrected chi connectivity index (χ4v) is 1.79. The highest BCUT2D eigenvalue weighted by molar-refractivity contribution is 5.35. The zero-order valence-electron chi connectivity index (χ0n) is 12.1. The van der Waals surface area contributed by atoms with Crippen molar-refractivity contribution in [2.75, 3.05) is 33.5 Å². The lowest BCUT2D eigenvalue weighted by molar-refractivity contribution is 0.00102. The van der Waals surface area contributed by atoms with Crippen LogP contribution in [-0.2, 0) is 9.47 Å². The first-order chi connectivity index (χ1) is 9.19. The second-order valence-corrected chi connectivity index (χ2v) is 4.81. The van der Waals surface area contributed by atoms with Crippen LogP contribution in [0.1, 0.15) is 25.5 Å². The van der Waals surface area contributed by atoms with Crippen LogP contribution >= 0.6 is 0 Å². The van der Waals surface area contributed by atoms with Gasteiger partial charge in [-0.05, 0) is 12.0 Å². The first kappa shape index (κ1) is 16.0. The van der Waals surface area contributed by atoms with Crippen molar-refractivity contribution in [3.05, 3.63) is 29.8 Å². The van der Waals surface area contributed by atoms with Crippen molar-refractivity contribution in [2.45, 2.75) is 20.0 Å². The number of para-hydroxylation sites is 1. The minimum atomic E-state index is -0.154.